The van der Waals surface area contributed by atoms with Gasteiger partial charge in [0, 0.05) is 44.0 Å². The van der Waals surface area contributed by atoms with Gasteiger partial charge < -0.3 is 29.3 Å². The van der Waals surface area contributed by atoms with E-state index in [9.17, 15) is 4.79 Å². The van der Waals surface area contributed by atoms with Crippen molar-refractivity contribution < 1.29 is 19.0 Å². The standard InChI is InChI=1S/C20H25N5O4/c1-3-27-19-13-18(21-14(2)22-19)24-6-8-25(9-7-24)20(26)23-15-4-5-16-17(12-15)29-11-10-28-16/h4-5,12-13H,3,6-11H2,1-2H3,(H,23,26). The summed E-state index contributed by atoms with van der Waals surface area (Å²) in [6, 6.07) is 7.15. The van der Waals surface area contributed by atoms with Gasteiger partial charge in [0.2, 0.25) is 5.88 Å². The maximum absolute atomic E-state index is 12.7. The molecule has 0 aliphatic carbocycles. The Morgan fingerprint density at radius 2 is 1.86 bits per heavy atom. The number of nitrogens with zero attached hydrogens (tertiary/aromatic N) is 4. The van der Waals surface area contributed by atoms with Gasteiger partial charge in [-0.25, -0.2) is 9.78 Å². The molecule has 0 unspecified atom stereocenters. The quantitative estimate of drug-likeness (QED) is 0.844. The van der Waals surface area contributed by atoms with Crippen LogP contribution in [0.4, 0.5) is 16.3 Å². The van der Waals surface area contributed by atoms with E-state index in [0.717, 1.165) is 5.82 Å². The zero-order valence-corrected chi connectivity index (χ0v) is 16.7. The van der Waals surface area contributed by atoms with Crippen molar-refractivity contribution in [2.45, 2.75) is 13.8 Å². The minimum Gasteiger partial charge on any atom is -0.486 e. The number of rotatable bonds is 4. The first-order valence-corrected chi connectivity index (χ1v) is 9.81. The van der Waals surface area contributed by atoms with Crippen LogP contribution in [0.25, 0.3) is 0 Å². The van der Waals surface area contributed by atoms with Crippen molar-refractivity contribution in [3.05, 3.63) is 30.1 Å². The van der Waals surface area contributed by atoms with E-state index in [2.05, 4.69) is 20.2 Å². The number of piperazine rings is 1. The second-order valence-electron chi connectivity index (χ2n) is 6.81. The molecule has 0 atom stereocenters. The molecule has 2 aromatic rings. The van der Waals surface area contributed by atoms with Crippen molar-refractivity contribution in [2.24, 2.45) is 0 Å². The van der Waals surface area contributed by atoms with E-state index >= 15 is 0 Å². The molecule has 3 heterocycles. The van der Waals surface area contributed by atoms with E-state index in [1.54, 1.807) is 11.0 Å². The third kappa shape index (κ3) is 4.44. The van der Waals surface area contributed by atoms with Crippen LogP contribution in [-0.2, 0) is 0 Å². The van der Waals surface area contributed by atoms with Gasteiger partial charge in [-0.05, 0) is 26.0 Å². The summed E-state index contributed by atoms with van der Waals surface area (Å²) in [5.74, 6) is 3.43. The molecule has 9 nitrogen and oxygen atoms in total. The summed E-state index contributed by atoms with van der Waals surface area (Å²) < 4.78 is 16.6. The first-order chi connectivity index (χ1) is 14.1. The molecule has 0 saturated carbocycles. The normalized spacial score (nSPS) is 15.8. The van der Waals surface area contributed by atoms with Crippen LogP contribution in [0.3, 0.4) is 0 Å². The zero-order chi connectivity index (χ0) is 20.2. The molecule has 4 rings (SSSR count). The highest BCUT2D eigenvalue weighted by atomic mass is 16.6. The lowest BCUT2D eigenvalue weighted by Gasteiger charge is -2.35. The van der Waals surface area contributed by atoms with Gasteiger partial charge in [-0.2, -0.15) is 4.98 Å². The fraction of sp³-hybridized carbons (Fsp3) is 0.450. The van der Waals surface area contributed by atoms with Gasteiger partial charge in [-0.15, -0.1) is 0 Å². The van der Waals surface area contributed by atoms with Crippen molar-refractivity contribution >= 4 is 17.5 Å². The third-order valence-electron chi connectivity index (χ3n) is 4.78. The summed E-state index contributed by atoms with van der Waals surface area (Å²) in [7, 11) is 0. The fourth-order valence-corrected chi connectivity index (χ4v) is 3.37. The average molecular weight is 399 g/mol. The summed E-state index contributed by atoms with van der Waals surface area (Å²) in [5.41, 5.74) is 0.689. The Hall–Kier alpha value is -3.23. The number of urea groups is 1. The van der Waals surface area contributed by atoms with E-state index in [1.807, 2.05) is 32.0 Å². The highest BCUT2D eigenvalue weighted by Crippen LogP contribution is 2.32. The Labute approximate surface area is 169 Å². The summed E-state index contributed by atoms with van der Waals surface area (Å²) >= 11 is 0. The maximum atomic E-state index is 12.7. The van der Waals surface area contributed by atoms with E-state index in [1.165, 1.54) is 0 Å². The lowest BCUT2D eigenvalue weighted by Crippen LogP contribution is -2.50. The molecule has 29 heavy (non-hydrogen) atoms. The van der Waals surface area contributed by atoms with E-state index < -0.39 is 0 Å². The molecule has 2 amide bonds. The first kappa shape index (κ1) is 19.1. The number of hydrogen-bond donors (Lipinski definition) is 1. The summed E-state index contributed by atoms with van der Waals surface area (Å²) in [6.07, 6.45) is 0. The zero-order valence-electron chi connectivity index (χ0n) is 16.7. The van der Waals surface area contributed by atoms with Crippen LogP contribution in [0.2, 0.25) is 0 Å². The van der Waals surface area contributed by atoms with E-state index in [-0.39, 0.29) is 6.03 Å². The van der Waals surface area contributed by atoms with Gasteiger partial charge in [-0.1, -0.05) is 0 Å². The van der Waals surface area contributed by atoms with Gasteiger partial charge in [0.25, 0.3) is 0 Å². The number of aromatic nitrogens is 2. The van der Waals surface area contributed by atoms with Crippen LogP contribution in [-0.4, -0.2) is 66.9 Å². The molecule has 0 radical (unpaired) electrons. The maximum Gasteiger partial charge on any atom is 0.321 e. The number of carbonyl (C=O) groups excluding carboxylic acids is 1. The molecule has 2 aliphatic heterocycles. The van der Waals surface area contributed by atoms with Crippen molar-refractivity contribution in [3.8, 4) is 17.4 Å². The van der Waals surface area contributed by atoms with Crippen LogP contribution in [0, 0.1) is 6.92 Å². The van der Waals surface area contributed by atoms with E-state index in [0.29, 0.717) is 74.9 Å². The van der Waals surface area contributed by atoms with Crippen molar-refractivity contribution in [2.75, 3.05) is 56.2 Å². The Bertz CT molecular complexity index is 883. The van der Waals surface area contributed by atoms with Crippen LogP contribution in [0.15, 0.2) is 24.3 Å². The molecular formula is C20H25N5O4. The highest BCUT2D eigenvalue weighted by molar-refractivity contribution is 5.90. The topological polar surface area (TPSA) is 89.1 Å². The molecule has 1 aromatic carbocycles. The minimum absolute atomic E-state index is 0.129. The summed E-state index contributed by atoms with van der Waals surface area (Å²) in [4.78, 5) is 25.4. The molecule has 154 valence electrons. The van der Waals surface area contributed by atoms with Crippen LogP contribution >= 0.6 is 0 Å². The average Bonchev–Trinajstić information content (AvgIpc) is 2.73. The Balaban J connectivity index is 1.35. The molecule has 2 aliphatic rings. The lowest BCUT2D eigenvalue weighted by atomic mass is 10.2. The summed E-state index contributed by atoms with van der Waals surface area (Å²) in [5, 5.41) is 2.94. The van der Waals surface area contributed by atoms with Crippen molar-refractivity contribution in [1.29, 1.82) is 0 Å². The Morgan fingerprint density at radius 3 is 2.62 bits per heavy atom. The Morgan fingerprint density at radius 1 is 1.10 bits per heavy atom. The van der Waals surface area contributed by atoms with Gasteiger partial charge in [-0.3, -0.25) is 0 Å². The van der Waals surface area contributed by atoms with Gasteiger partial charge in [0.1, 0.15) is 24.9 Å². The lowest BCUT2D eigenvalue weighted by molar-refractivity contribution is 0.171. The molecule has 1 fully saturated rings. The highest BCUT2D eigenvalue weighted by Gasteiger charge is 2.23. The smallest absolute Gasteiger partial charge is 0.321 e. The van der Waals surface area contributed by atoms with Gasteiger partial charge in [0.05, 0.1) is 6.61 Å². The largest absolute Gasteiger partial charge is 0.486 e. The molecular weight excluding hydrogens is 374 g/mol. The molecule has 0 bridgehead atoms. The number of nitrogens with one attached hydrogen (secondary N) is 1. The number of amides is 2. The fourth-order valence-electron chi connectivity index (χ4n) is 3.37. The predicted molar refractivity (Wildman–Crippen MR) is 108 cm³/mol. The van der Waals surface area contributed by atoms with Crippen LogP contribution in [0.1, 0.15) is 12.7 Å². The number of carbonyl (C=O) groups is 1. The number of aryl methyl sites for hydroxylation is 1. The number of ether oxygens (including phenoxy) is 3. The SMILES string of the molecule is CCOc1cc(N2CCN(C(=O)Nc3ccc4c(c3)OCCO4)CC2)nc(C)n1. The molecule has 1 aromatic heterocycles. The monoisotopic (exact) mass is 399 g/mol. The predicted octanol–water partition coefficient (Wildman–Crippen LogP) is 2.31. The number of anilines is 2. The summed E-state index contributed by atoms with van der Waals surface area (Å²) in [6.45, 7) is 7.98. The number of benzene rings is 1. The van der Waals surface area contributed by atoms with E-state index in [4.69, 9.17) is 14.2 Å². The number of fused-ring (bicyclic) bond motifs is 1. The first-order valence-electron chi connectivity index (χ1n) is 9.81. The van der Waals surface area contributed by atoms with Crippen molar-refractivity contribution in [1.82, 2.24) is 14.9 Å². The molecule has 1 N–H and O–H groups in total. The third-order valence-corrected chi connectivity index (χ3v) is 4.78. The molecule has 1 saturated heterocycles. The van der Waals surface area contributed by atoms with Crippen LogP contribution in [0.5, 0.6) is 17.4 Å². The van der Waals surface area contributed by atoms with Crippen LogP contribution < -0.4 is 24.4 Å². The number of hydrogen-bond acceptors (Lipinski definition) is 7. The van der Waals surface area contributed by atoms with Gasteiger partial charge >= 0.3 is 6.03 Å². The molecule has 9 heteroatoms. The van der Waals surface area contributed by atoms with Gasteiger partial charge in [0.15, 0.2) is 11.5 Å². The second kappa shape index (κ2) is 8.42. The Kier molecular flexibility index (Phi) is 5.55. The molecule has 0 spiro atoms. The second-order valence-corrected chi connectivity index (χ2v) is 6.81. The minimum atomic E-state index is -0.129. The van der Waals surface area contributed by atoms with Crippen molar-refractivity contribution in [3.63, 3.8) is 0 Å².